The molecule has 5 nitrogen and oxygen atoms in total. The Hall–Kier alpha value is -2.76. The zero-order valence-electron chi connectivity index (χ0n) is 16.7. The lowest BCUT2D eigenvalue weighted by atomic mass is 9.98. The minimum Gasteiger partial charge on any atom is -0.459 e. The molecule has 1 fully saturated rings. The number of furan rings is 1. The Labute approximate surface area is 190 Å². The highest BCUT2D eigenvalue weighted by molar-refractivity contribution is 6.36. The summed E-state index contributed by atoms with van der Waals surface area (Å²) in [5.74, 6) is -0.376. The van der Waals surface area contributed by atoms with Gasteiger partial charge in [0.1, 0.15) is 11.9 Å². The van der Waals surface area contributed by atoms with Crippen molar-refractivity contribution >= 4 is 40.8 Å². The maximum atomic E-state index is 12.8. The summed E-state index contributed by atoms with van der Waals surface area (Å²) in [6, 6.07) is 15.0. The van der Waals surface area contributed by atoms with Crippen LogP contribution in [0, 0.1) is 0 Å². The van der Waals surface area contributed by atoms with Gasteiger partial charge >= 0.3 is 5.97 Å². The first-order chi connectivity index (χ1) is 15.0. The van der Waals surface area contributed by atoms with Crippen LogP contribution in [-0.2, 0) is 4.74 Å². The molecule has 3 aromatic rings. The monoisotopic (exact) mass is 457 g/mol. The van der Waals surface area contributed by atoms with Gasteiger partial charge in [-0.05, 0) is 68.1 Å². The number of carbonyl (C=O) groups is 2. The summed E-state index contributed by atoms with van der Waals surface area (Å²) < 4.78 is 11.3. The van der Waals surface area contributed by atoms with Gasteiger partial charge in [-0.3, -0.25) is 4.79 Å². The van der Waals surface area contributed by atoms with Gasteiger partial charge in [0.2, 0.25) is 0 Å². The number of ether oxygens (including phenoxy) is 1. The van der Waals surface area contributed by atoms with Crippen molar-refractivity contribution in [3.05, 3.63) is 76.0 Å². The van der Waals surface area contributed by atoms with Crippen molar-refractivity contribution in [2.24, 2.45) is 0 Å². The zero-order chi connectivity index (χ0) is 21.8. The number of amides is 1. The minimum absolute atomic E-state index is 0.0678. The topological polar surface area (TPSA) is 68.5 Å². The lowest BCUT2D eigenvalue weighted by molar-refractivity contribution is 0.0212. The Morgan fingerprint density at radius 2 is 1.74 bits per heavy atom. The molecule has 2 aromatic carbocycles. The fourth-order valence-electron chi connectivity index (χ4n) is 3.65. The fraction of sp³-hybridized carbons (Fsp3) is 0.250. The van der Waals surface area contributed by atoms with Crippen LogP contribution in [-0.4, -0.2) is 18.0 Å². The average Bonchev–Trinajstić information content (AvgIpc) is 3.25. The van der Waals surface area contributed by atoms with Crippen LogP contribution in [0.5, 0.6) is 0 Å². The number of carbonyl (C=O) groups excluding carboxylic acids is 2. The minimum atomic E-state index is -0.478. The summed E-state index contributed by atoms with van der Waals surface area (Å²) in [5.41, 5.74) is 1.31. The molecule has 1 aliphatic rings. The van der Waals surface area contributed by atoms with Gasteiger partial charge in [0.25, 0.3) is 5.91 Å². The number of esters is 1. The van der Waals surface area contributed by atoms with Gasteiger partial charge in [-0.1, -0.05) is 41.8 Å². The Morgan fingerprint density at radius 3 is 2.52 bits per heavy atom. The molecule has 7 heteroatoms. The first kappa shape index (κ1) is 21.5. The quantitative estimate of drug-likeness (QED) is 0.418. The molecule has 1 heterocycles. The summed E-state index contributed by atoms with van der Waals surface area (Å²) >= 11 is 12.2. The molecule has 0 spiro atoms. The Kier molecular flexibility index (Phi) is 6.64. The van der Waals surface area contributed by atoms with E-state index < -0.39 is 11.9 Å². The van der Waals surface area contributed by atoms with E-state index in [4.69, 9.17) is 32.4 Å². The number of hydrogen-bond donors (Lipinski definition) is 1. The number of halogens is 2. The largest absolute Gasteiger partial charge is 0.459 e. The van der Waals surface area contributed by atoms with E-state index in [-0.39, 0.29) is 11.9 Å². The summed E-state index contributed by atoms with van der Waals surface area (Å²) in [4.78, 5) is 25.4. The number of rotatable bonds is 5. The van der Waals surface area contributed by atoms with Crippen LogP contribution in [0.3, 0.4) is 0 Å². The van der Waals surface area contributed by atoms with E-state index in [0.717, 1.165) is 25.7 Å². The van der Waals surface area contributed by atoms with E-state index >= 15 is 0 Å². The van der Waals surface area contributed by atoms with Gasteiger partial charge in [-0.25, -0.2) is 4.79 Å². The zero-order valence-corrected chi connectivity index (χ0v) is 18.2. The van der Waals surface area contributed by atoms with E-state index in [9.17, 15) is 9.59 Å². The third-order valence-electron chi connectivity index (χ3n) is 5.25. The second-order valence-corrected chi connectivity index (χ2v) is 8.30. The standard InChI is InChI=1S/C24H21Cl2NO4/c25-15-10-11-17(19(26)14-15)21-12-13-22(31-21)23(28)27-20-9-5-4-8-18(20)24(29)30-16-6-2-1-3-7-16/h4-5,8-14,16H,1-3,6-7H2,(H,27,28). The van der Waals surface area contributed by atoms with Crippen LogP contribution in [0.15, 0.2) is 59.0 Å². The molecule has 4 rings (SSSR count). The first-order valence-electron chi connectivity index (χ1n) is 10.2. The van der Waals surface area contributed by atoms with E-state index in [1.165, 1.54) is 6.42 Å². The molecular weight excluding hydrogens is 437 g/mol. The molecule has 31 heavy (non-hydrogen) atoms. The van der Waals surface area contributed by atoms with Crippen molar-refractivity contribution in [2.45, 2.75) is 38.2 Å². The van der Waals surface area contributed by atoms with Crippen LogP contribution in [0.1, 0.15) is 53.0 Å². The van der Waals surface area contributed by atoms with Gasteiger partial charge in [0.05, 0.1) is 16.3 Å². The molecule has 1 saturated carbocycles. The highest BCUT2D eigenvalue weighted by atomic mass is 35.5. The third kappa shape index (κ3) is 5.12. The summed E-state index contributed by atoms with van der Waals surface area (Å²) in [5, 5.41) is 3.68. The van der Waals surface area contributed by atoms with Gasteiger partial charge in [-0.2, -0.15) is 0 Å². The molecule has 0 saturated heterocycles. The van der Waals surface area contributed by atoms with Crippen LogP contribution >= 0.6 is 23.2 Å². The fourth-order valence-corrected chi connectivity index (χ4v) is 4.15. The van der Waals surface area contributed by atoms with Crippen molar-refractivity contribution in [1.29, 1.82) is 0 Å². The molecule has 1 aliphatic carbocycles. The second kappa shape index (κ2) is 9.58. The van der Waals surface area contributed by atoms with E-state index in [1.807, 2.05) is 0 Å². The van der Waals surface area contributed by atoms with E-state index in [0.29, 0.717) is 32.6 Å². The Bertz CT molecular complexity index is 1100. The highest BCUT2D eigenvalue weighted by Crippen LogP contribution is 2.32. The van der Waals surface area contributed by atoms with E-state index in [1.54, 1.807) is 54.6 Å². The molecule has 0 aliphatic heterocycles. The smallest absolute Gasteiger partial charge is 0.340 e. The molecule has 1 amide bonds. The maximum Gasteiger partial charge on any atom is 0.340 e. The van der Waals surface area contributed by atoms with Crippen molar-refractivity contribution in [1.82, 2.24) is 0 Å². The molecule has 0 unspecified atom stereocenters. The molecule has 0 radical (unpaired) electrons. The summed E-state index contributed by atoms with van der Waals surface area (Å²) in [7, 11) is 0. The molecule has 1 N–H and O–H groups in total. The summed E-state index contributed by atoms with van der Waals surface area (Å²) in [6.45, 7) is 0. The molecular formula is C24H21Cl2NO4. The van der Waals surface area contributed by atoms with Crippen molar-refractivity contribution < 1.29 is 18.7 Å². The lowest BCUT2D eigenvalue weighted by Gasteiger charge is -2.22. The molecule has 1 aromatic heterocycles. The average molecular weight is 458 g/mol. The Balaban J connectivity index is 1.49. The second-order valence-electron chi connectivity index (χ2n) is 7.45. The summed E-state index contributed by atoms with van der Waals surface area (Å²) in [6.07, 6.45) is 4.99. The van der Waals surface area contributed by atoms with Crippen molar-refractivity contribution in [3.8, 4) is 11.3 Å². The van der Waals surface area contributed by atoms with Gasteiger partial charge in [0, 0.05) is 10.6 Å². The SMILES string of the molecule is O=C(Nc1ccccc1C(=O)OC1CCCCC1)c1ccc(-c2ccc(Cl)cc2Cl)o1. The Morgan fingerprint density at radius 1 is 0.968 bits per heavy atom. The van der Waals surface area contributed by atoms with Crippen LogP contribution < -0.4 is 5.32 Å². The number of nitrogens with one attached hydrogen (secondary N) is 1. The normalized spacial score (nSPS) is 14.3. The van der Waals surface area contributed by atoms with Crippen LogP contribution in [0.25, 0.3) is 11.3 Å². The van der Waals surface area contributed by atoms with Gasteiger partial charge < -0.3 is 14.5 Å². The highest BCUT2D eigenvalue weighted by Gasteiger charge is 2.22. The predicted molar refractivity (Wildman–Crippen MR) is 121 cm³/mol. The number of anilines is 1. The van der Waals surface area contributed by atoms with Gasteiger partial charge in [-0.15, -0.1) is 0 Å². The van der Waals surface area contributed by atoms with Gasteiger partial charge in [0.15, 0.2) is 5.76 Å². The molecule has 160 valence electrons. The van der Waals surface area contributed by atoms with Crippen molar-refractivity contribution in [3.63, 3.8) is 0 Å². The maximum absolute atomic E-state index is 12.8. The number of hydrogen-bond acceptors (Lipinski definition) is 4. The van der Waals surface area contributed by atoms with Crippen LogP contribution in [0.2, 0.25) is 10.0 Å². The first-order valence-corrected chi connectivity index (χ1v) is 10.9. The predicted octanol–water partition coefficient (Wildman–Crippen LogP) is 7.00. The molecule has 0 bridgehead atoms. The lowest BCUT2D eigenvalue weighted by Crippen LogP contribution is -2.22. The molecule has 0 atom stereocenters. The number of para-hydroxylation sites is 1. The van der Waals surface area contributed by atoms with Crippen molar-refractivity contribution in [2.75, 3.05) is 5.32 Å². The van der Waals surface area contributed by atoms with Crippen LogP contribution in [0.4, 0.5) is 5.69 Å². The number of benzene rings is 2. The van der Waals surface area contributed by atoms with E-state index in [2.05, 4.69) is 5.32 Å². The third-order valence-corrected chi connectivity index (χ3v) is 5.80.